The first kappa shape index (κ1) is 18.1. The van der Waals surface area contributed by atoms with Crippen LogP contribution in [0.5, 0.6) is 11.5 Å². The standard InChI is InChI=1S/C19H19N5O3/c1-12(25)13-4-6-14(7-5-13)21-18-11-20-24-19(23-18)22-16-10-15(26-2)8-9-17(16)27-3/h4-11H,1-3H3,(H2,21,22,23,24). The number of aromatic nitrogens is 3. The van der Waals surface area contributed by atoms with Crippen LogP contribution in [-0.4, -0.2) is 35.2 Å². The van der Waals surface area contributed by atoms with Crippen LogP contribution in [-0.2, 0) is 0 Å². The summed E-state index contributed by atoms with van der Waals surface area (Å²) in [6.07, 6.45) is 1.51. The van der Waals surface area contributed by atoms with E-state index in [0.29, 0.717) is 34.5 Å². The molecule has 8 heteroatoms. The van der Waals surface area contributed by atoms with Gasteiger partial charge in [0.05, 0.1) is 26.1 Å². The fourth-order valence-electron chi connectivity index (χ4n) is 2.39. The van der Waals surface area contributed by atoms with E-state index in [1.54, 1.807) is 56.7 Å². The van der Waals surface area contributed by atoms with Crippen LogP contribution < -0.4 is 20.1 Å². The molecule has 3 rings (SSSR count). The Morgan fingerprint density at radius 3 is 2.44 bits per heavy atom. The molecule has 0 amide bonds. The Labute approximate surface area is 156 Å². The lowest BCUT2D eigenvalue weighted by molar-refractivity contribution is 0.101. The highest BCUT2D eigenvalue weighted by molar-refractivity contribution is 5.94. The molecule has 0 saturated heterocycles. The van der Waals surface area contributed by atoms with Crippen LogP contribution >= 0.6 is 0 Å². The summed E-state index contributed by atoms with van der Waals surface area (Å²) in [6.45, 7) is 1.53. The van der Waals surface area contributed by atoms with Crippen molar-refractivity contribution < 1.29 is 14.3 Å². The van der Waals surface area contributed by atoms with Gasteiger partial charge >= 0.3 is 0 Å². The second kappa shape index (κ2) is 8.13. The van der Waals surface area contributed by atoms with E-state index in [1.165, 1.54) is 13.1 Å². The van der Waals surface area contributed by atoms with Crippen molar-refractivity contribution in [2.45, 2.75) is 6.92 Å². The largest absolute Gasteiger partial charge is 0.497 e. The lowest BCUT2D eigenvalue weighted by atomic mass is 10.1. The second-order valence-electron chi connectivity index (χ2n) is 5.61. The van der Waals surface area contributed by atoms with E-state index >= 15 is 0 Å². The number of carbonyl (C=O) groups is 1. The first-order valence-electron chi connectivity index (χ1n) is 8.16. The van der Waals surface area contributed by atoms with Crippen LogP contribution in [0.4, 0.5) is 23.1 Å². The summed E-state index contributed by atoms with van der Waals surface area (Å²) in [4.78, 5) is 15.7. The number of nitrogens with zero attached hydrogens (tertiary/aromatic N) is 3. The number of anilines is 4. The molecule has 138 valence electrons. The molecule has 0 saturated carbocycles. The second-order valence-corrected chi connectivity index (χ2v) is 5.61. The number of nitrogens with one attached hydrogen (secondary N) is 2. The molecule has 1 heterocycles. The van der Waals surface area contributed by atoms with Gasteiger partial charge in [0, 0.05) is 17.3 Å². The summed E-state index contributed by atoms with van der Waals surface area (Å²) in [5.74, 6) is 2.12. The molecule has 0 atom stereocenters. The molecular weight excluding hydrogens is 346 g/mol. The van der Waals surface area contributed by atoms with Crippen molar-refractivity contribution in [1.29, 1.82) is 0 Å². The Morgan fingerprint density at radius 2 is 1.78 bits per heavy atom. The lowest BCUT2D eigenvalue weighted by Gasteiger charge is -2.12. The van der Waals surface area contributed by atoms with Crippen molar-refractivity contribution in [3.63, 3.8) is 0 Å². The van der Waals surface area contributed by atoms with Crippen LogP contribution in [0.25, 0.3) is 0 Å². The molecule has 1 aromatic heterocycles. The van der Waals surface area contributed by atoms with E-state index in [4.69, 9.17) is 9.47 Å². The first-order valence-corrected chi connectivity index (χ1v) is 8.16. The fraction of sp³-hybridized carbons (Fsp3) is 0.158. The zero-order valence-electron chi connectivity index (χ0n) is 15.2. The van der Waals surface area contributed by atoms with Crippen molar-refractivity contribution in [2.75, 3.05) is 24.9 Å². The zero-order valence-corrected chi connectivity index (χ0v) is 15.2. The highest BCUT2D eigenvalue weighted by Crippen LogP contribution is 2.30. The molecule has 0 unspecified atom stereocenters. The van der Waals surface area contributed by atoms with Crippen LogP contribution in [0.3, 0.4) is 0 Å². The quantitative estimate of drug-likeness (QED) is 0.613. The van der Waals surface area contributed by atoms with E-state index < -0.39 is 0 Å². The van der Waals surface area contributed by atoms with Crippen molar-refractivity contribution in [3.8, 4) is 11.5 Å². The summed E-state index contributed by atoms with van der Waals surface area (Å²) < 4.78 is 10.6. The van der Waals surface area contributed by atoms with Gasteiger partial charge in [-0.15, -0.1) is 5.10 Å². The number of hydrogen-bond acceptors (Lipinski definition) is 8. The number of benzene rings is 2. The Balaban J connectivity index is 1.78. The van der Waals surface area contributed by atoms with E-state index in [2.05, 4.69) is 25.8 Å². The maximum atomic E-state index is 11.4. The molecule has 0 spiro atoms. The van der Waals surface area contributed by atoms with E-state index in [-0.39, 0.29) is 5.78 Å². The predicted octanol–water partition coefficient (Wildman–Crippen LogP) is 3.58. The summed E-state index contributed by atoms with van der Waals surface area (Å²) >= 11 is 0. The Morgan fingerprint density at radius 1 is 1.00 bits per heavy atom. The minimum absolute atomic E-state index is 0.0176. The number of carbonyl (C=O) groups excluding carboxylic acids is 1. The third-order valence-electron chi connectivity index (χ3n) is 3.78. The minimum Gasteiger partial charge on any atom is -0.497 e. The van der Waals surface area contributed by atoms with Gasteiger partial charge in [0.25, 0.3) is 0 Å². The number of Topliss-reactive ketones (excluding diaryl/α,β-unsaturated/α-hetero) is 1. The minimum atomic E-state index is 0.0176. The first-order chi connectivity index (χ1) is 13.1. The van der Waals surface area contributed by atoms with Gasteiger partial charge in [-0.1, -0.05) is 0 Å². The van der Waals surface area contributed by atoms with Gasteiger partial charge in [0.15, 0.2) is 11.6 Å². The van der Waals surface area contributed by atoms with E-state index in [1.807, 2.05) is 0 Å². The van der Waals surface area contributed by atoms with Crippen LogP contribution in [0.2, 0.25) is 0 Å². The number of methoxy groups -OCH3 is 2. The Bertz CT molecular complexity index is 944. The molecular formula is C19H19N5O3. The maximum Gasteiger partial charge on any atom is 0.249 e. The van der Waals surface area contributed by atoms with E-state index in [0.717, 1.165) is 5.69 Å². The summed E-state index contributed by atoms with van der Waals surface area (Å²) in [7, 11) is 3.17. The molecule has 0 bridgehead atoms. The van der Waals surface area contributed by atoms with Gasteiger partial charge in [0.2, 0.25) is 5.95 Å². The van der Waals surface area contributed by atoms with Gasteiger partial charge in [0.1, 0.15) is 11.5 Å². The van der Waals surface area contributed by atoms with Crippen molar-refractivity contribution in [2.24, 2.45) is 0 Å². The zero-order chi connectivity index (χ0) is 19.2. The predicted molar refractivity (Wildman–Crippen MR) is 102 cm³/mol. The summed E-state index contributed by atoms with van der Waals surface area (Å²) in [5, 5.41) is 14.1. The topological polar surface area (TPSA) is 98.3 Å². The maximum absolute atomic E-state index is 11.4. The molecule has 3 aromatic rings. The number of ketones is 1. The van der Waals surface area contributed by atoms with Gasteiger partial charge in [-0.3, -0.25) is 4.79 Å². The molecule has 2 N–H and O–H groups in total. The molecule has 0 aliphatic rings. The molecule has 0 fully saturated rings. The van der Waals surface area contributed by atoms with Crippen LogP contribution in [0.1, 0.15) is 17.3 Å². The third-order valence-corrected chi connectivity index (χ3v) is 3.78. The SMILES string of the molecule is COc1ccc(OC)c(Nc2nncc(Nc3ccc(C(C)=O)cc3)n2)c1. The normalized spacial score (nSPS) is 10.2. The Hall–Kier alpha value is -3.68. The molecule has 27 heavy (non-hydrogen) atoms. The molecule has 0 radical (unpaired) electrons. The van der Waals surface area contributed by atoms with Crippen molar-refractivity contribution >= 4 is 28.9 Å². The number of hydrogen-bond donors (Lipinski definition) is 2. The average molecular weight is 365 g/mol. The number of ether oxygens (including phenoxy) is 2. The van der Waals surface area contributed by atoms with Gasteiger partial charge < -0.3 is 20.1 Å². The summed E-state index contributed by atoms with van der Waals surface area (Å²) in [5.41, 5.74) is 2.08. The van der Waals surface area contributed by atoms with Gasteiger partial charge in [-0.05, 0) is 43.3 Å². The molecule has 2 aromatic carbocycles. The lowest BCUT2D eigenvalue weighted by Crippen LogP contribution is -2.03. The highest BCUT2D eigenvalue weighted by atomic mass is 16.5. The van der Waals surface area contributed by atoms with Gasteiger partial charge in [-0.2, -0.15) is 10.1 Å². The fourth-order valence-corrected chi connectivity index (χ4v) is 2.39. The Kier molecular flexibility index (Phi) is 5.46. The molecule has 0 aliphatic carbocycles. The van der Waals surface area contributed by atoms with Gasteiger partial charge in [-0.25, -0.2) is 0 Å². The van der Waals surface area contributed by atoms with E-state index in [9.17, 15) is 4.79 Å². The average Bonchev–Trinajstić information content (AvgIpc) is 2.68. The van der Waals surface area contributed by atoms with Crippen molar-refractivity contribution in [1.82, 2.24) is 15.2 Å². The number of rotatable bonds is 7. The molecule has 8 nitrogen and oxygen atoms in total. The monoisotopic (exact) mass is 365 g/mol. The smallest absolute Gasteiger partial charge is 0.249 e. The summed E-state index contributed by atoms with van der Waals surface area (Å²) in [6, 6.07) is 12.5. The van der Waals surface area contributed by atoms with Crippen molar-refractivity contribution in [3.05, 3.63) is 54.2 Å². The highest BCUT2D eigenvalue weighted by Gasteiger charge is 2.08. The van der Waals surface area contributed by atoms with Crippen LogP contribution in [0, 0.1) is 0 Å². The molecule has 0 aliphatic heterocycles. The third kappa shape index (κ3) is 4.49. The van der Waals surface area contributed by atoms with Crippen LogP contribution in [0.15, 0.2) is 48.7 Å².